The van der Waals surface area contributed by atoms with E-state index in [4.69, 9.17) is 18.9 Å². The summed E-state index contributed by atoms with van der Waals surface area (Å²) in [6, 6.07) is 3.59. The fourth-order valence-electron chi connectivity index (χ4n) is 1.84. The molecule has 0 aliphatic heterocycles. The van der Waals surface area contributed by atoms with Gasteiger partial charge in [0.1, 0.15) is 6.10 Å². The van der Waals surface area contributed by atoms with Crippen LogP contribution in [0.15, 0.2) is 17.5 Å². The molecule has 0 saturated heterocycles. The van der Waals surface area contributed by atoms with Crippen molar-refractivity contribution >= 4 is 35.4 Å². The van der Waals surface area contributed by atoms with E-state index in [9.17, 15) is 14.5 Å². The smallest absolute Gasteiger partial charge is 0.389 e. The van der Waals surface area contributed by atoms with E-state index in [0.29, 0.717) is 30.0 Å². The van der Waals surface area contributed by atoms with Crippen LogP contribution >= 0.6 is 29.5 Å². The topological polar surface area (TPSA) is 114 Å². The number of nitrogens with one attached hydrogen (secondary N) is 1. The molecule has 0 aliphatic carbocycles. The highest BCUT2D eigenvalue weighted by Gasteiger charge is 2.29. The van der Waals surface area contributed by atoms with Crippen molar-refractivity contribution < 1.29 is 33.4 Å². The quantitative estimate of drug-likeness (QED) is 0.288. The van der Waals surface area contributed by atoms with E-state index in [2.05, 4.69) is 5.32 Å². The summed E-state index contributed by atoms with van der Waals surface area (Å²) in [4.78, 5) is 12.5. The third-order valence-electron chi connectivity index (χ3n) is 3.03. The Kier molecular flexibility index (Phi) is 12.4. The van der Waals surface area contributed by atoms with Crippen LogP contribution in [0.5, 0.6) is 0 Å². The number of carbonyl (C=O) groups is 1. The number of rotatable bonds is 15. The highest BCUT2D eigenvalue weighted by atomic mass is 32.7. The van der Waals surface area contributed by atoms with Crippen LogP contribution in [-0.2, 0) is 18.3 Å². The van der Waals surface area contributed by atoms with Crippen molar-refractivity contribution in [2.24, 2.45) is 0 Å². The van der Waals surface area contributed by atoms with Crippen LogP contribution in [0.25, 0.3) is 0 Å². The molecule has 1 heterocycles. The summed E-state index contributed by atoms with van der Waals surface area (Å²) < 4.78 is 28.1. The van der Waals surface area contributed by atoms with E-state index >= 15 is 0 Å². The van der Waals surface area contributed by atoms with Crippen LogP contribution in [-0.4, -0.2) is 68.1 Å². The van der Waals surface area contributed by atoms with Gasteiger partial charge in [0.15, 0.2) is 0 Å². The molecule has 0 aromatic carbocycles. The Morgan fingerprint density at radius 3 is 2.85 bits per heavy atom. The first-order valence-electron chi connectivity index (χ1n) is 8.14. The summed E-state index contributed by atoms with van der Waals surface area (Å²) in [6.07, 6.45) is 0.646. The highest BCUT2D eigenvalue weighted by molar-refractivity contribution is 8.55. The third kappa shape index (κ3) is 9.48. The molecule has 0 aliphatic rings. The Balaban J connectivity index is 2.31. The molecule has 0 saturated carbocycles. The minimum absolute atomic E-state index is 0.0816. The van der Waals surface area contributed by atoms with Gasteiger partial charge in [-0.1, -0.05) is 6.07 Å². The molecule has 0 fully saturated rings. The number of hydrogen-bond acceptors (Lipinski definition) is 9. The molecule has 3 N–H and O–H groups in total. The van der Waals surface area contributed by atoms with Gasteiger partial charge in [-0.15, -0.1) is 11.3 Å². The Morgan fingerprint density at radius 2 is 2.23 bits per heavy atom. The predicted octanol–water partition coefficient (Wildman–Crippen LogP) is 2.13. The summed E-state index contributed by atoms with van der Waals surface area (Å²) in [5.41, 5.74) is 0. The van der Waals surface area contributed by atoms with E-state index in [0.717, 1.165) is 11.4 Å². The number of ether oxygens (including phenoxy) is 1. The molecule has 1 aromatic heterocycles. The van der Waals surface area contributed by atoms with E-state index in [-0.39, 0.29) is 32.3 Å². The lowest BCUT2D eigenvalue weighted by atomic mass is 10.3. The van der Waals surface area contributed by atoms with Crippen molar-refractivity contribution in [3.8, 4) is 0 Å². The average molecular weight is 427 g/mol. The molecule has 11 heteroatoms. The van der Waals surface area contributed by atoms with E-state index in [1.165, 1.54) is 18.4 Å². The average Bonchev–Trinajstić information content (AvgIpc) is 3.17. The molecule has 8 nitrogen and oxygen atoms in total. The normalized spacial score (nSPS) is 14.7. The summed E-state index contributed by atoms with van der Waals surface area (Å²) in [5.74, 6) is 0.390. The largest absolute Gasteiger partial charge is 0.394 e. The lowest BCUT2D eigenvalue weighted by Crippen LogP contribution is -2.23. The van der Waals surface area contributed by atoms with Gasteiger partial charge in [-0.05, 0) is 35.7 Å². The first-order valence-corrected chi connectivity index (χ1v) is 12.2. The molecule has 1 rings (SSSR count). The van der Waals surface area contributed by atoms with E-state index in [1.54, 1.807) is 6.07 Å². The number of aliphatic hydroxyl groups excluding tert-OH is 2. The predicted molar refractivity (Wildman–Crippen MR) is 103 cm³/mol. The second kappa shape index (κ2) is 13.7. The molecule has 1 aromatic rings. The Labute approximate surface area is 161 Å². The lowest BCUT2D eigenvalue weighted by molar-refractivity contribution is 0.0318. The van der Waals surface area contributed by atoms with Crippen LogP contribution < -0.4 is 5.32 Å². The number of methoxy groups -OCH3 is 1. The van der Waals surface area contributed by atoms with Gasteiger partial charge in [0.05, 0.1) is 31.3 Å². The second-order valence-electron chi connectivity index (χ2n) is 5.14. The van der Waals surface area contributed by atoms with Crippen LogP contribution in [0.3, 0.4) is 0 Å². The standard InChI is InChI=1S/C15H26NO7PS2/c1-21-12-13(11-18)23-24(20,22-8-7-17)26-10-3-2-6-16-15(19)14-5-4-9-25-14/h4-5,9,13,17-18H,2-3,6-8,10-12H2,1H3,(H,16,19). The first kappa shape index (κ1) is 23.6. The van der Waals surface area contributed by atoms with Gasteiger partial charge >= 0.3 is 6.80 Å². The van der Waals surface area contributed by atoms with Gasteiger partial charge in [-0.25, -0.2) is 4.57 Å². The Bertz CT molecular complexity index is 544. The van der Waals surface area contributed by atoms with Crippen molar-refractivity contribution in [3.05, 3.63) is 22.4 Å². The SMILES string of the molecule is COCC(CO)OP(=O)(OCCO)SCCCCNC(=O)c1cccs1. The van der Waals surface area contributed by atoms with Gasteiger partial charge in [-0.3, -0.25) is 13.8 Å². The zero-order chi connectivity index (χ0) is 19.3. The summed E-state index contributed by atoms with van der Waals surface area (Å²) in [7, 11) is 1.45. The number of hydrogen-bond donors (Lipinski definition) is 3. The number of thiophene rings is 1. The Morgan fingerprint density at radius 1 is 1.42 bits per heavy atom. The van der Waals surface area contributed by atoms with Crippen LogP contribution in [0, 0.1) is 0 Å². The number of carbonyl (C=O) groups excluding carboxylic acids is 1. The molecule has 0 radical (unpaired) electrons. The van der Waals surface area contributed by atoms with Gasteiger partial charge < -0.3 is 20.3 Å². The summed E-state index contributed by atoms with van der Waals surface area (Å²) in [6.45, 7) is -3.67. The maximum absolute atomic E-state index is 12.7. The van der Waals surface area contributed by atoms with Crippen molar-refractivity contribution in [2.45, 2.75) is 18.9 Å². The van der Waals surface area contributed by atoms with Crippen molar-refractivity contribution in [3.63, 3.8) is 0 Å². The minimum atomic E-state index is -3.51. The maximum atomic E-state index is 12.7. The lowest BCUT2D eigenvalue weighted by Gasteiger charge is -2.22. The van der Waals surface area contributed by atoms with E-state index < -0.39 is 12.9 Å². The van der Waals surface area contributed by atoms with Crippen molar-refractivity contribution in [1.29, 1.82) is 0 Å². The molecular formula is C15H26NO7PS2. The molecule has 1 amide bonds. The van der Waals surface area contributed by atoms with Crippen molar-refractivity contribution in [1.82, 2.24) is 5.32 Å². The fourth-order valence-corrected chi connectivity index (χ4v) is 6.08. The molecule has 2 atom stereocenters. The first-order chi connectivity index (χ1) is 12.5. The van der Waals surface area contributed by atoms with Crippen molar-refractivity contribution in [2.75, 3.05) is 45.8 Å². The Hall–Kier alpha value is -0.450. The van der Waals surface area contributed by atoms with Gasteiger partial charge in [-0.2, -0.15) is 0 Å². The summed E-state index contributed by atoms with van der Waals surface area (Å²) >= 11 is 2.40. The maximum Gasteiger partial charge on any atom is 0.389 e. The van der Waals surface area contributed by atoms with Crippen LogP contribution in [0.4, 0.5) is 0 Å². The zero-order valence-electron chi connectivity index (χ0n) is 14.7. The van der Waals surface area contributed by atoms with Crippen LogP contribution in [0.2, 0.25) is 0 Å². The minimum Gasteiger partial charge on any atom is -0.394 e. The zero-order valence-corrected chi connectivity index (χ0v) is 17.2. The number of unbranched alkanes of at least 4 members (excludes halogenated alkanes) is 1. The van der Waals surface area contributed by atoms with Gasteiger partial charge in [0.2, 0.25) is 0 Å². The monoisotopic (exact) mass is 427 g/mol. The third-order valence-corrected chi connectivity index (χ3v) is 7.81. The van der Waals surface area contributed by atoms with E-state index in [1.807, 2.05) is 11.4 Å². The molecule has 26 heavy (non-hydrogen) atoms. The van der Waals surface area contributed by atoms with Crippen LogP contribution in [0.1, 0.15) is 22.5 Å². The second-order valence-corrected chi connectivity index (χ2v) is 10.2. The molecule has 0 spiro atoms. The van der Waals surface area contributed by atoms with Gasteiger partial charge in [0, 0.05) is 19.4 Å². The number of aliphatic hydroxyl groups is 2. The fraction of sp³-hybridized carbons (Fsp3) is 0.667. The molecule has 2 unspecified atom stereocenters. The number of amides is 1. The van der Waals surface area contributed by atoms with Gasteiger partial charge in [0.25, 0.3) is 5.91 Å². The molecule has 0 bridgehead atoms. The highest BCUT2D eigenvalue weighted by Crippen LogP contribution is 2.61. The molecule has 150 valence electrons. The summed E-state index contributed by atoms with van der Waals surface area (Å²) in [5, 5.41) is 22.8. The molecular weight excluding hydrogens is 401 g/mol.